The minimum Gasteiger partial charge on any atom is -0.353 e. The zero-order valence-corrected chi connectivity index (χ0v) is 17.4. The molecule has 1 saturated carbocycles. The average molecular weight is 428 g/mol. The average Bonchev–Trinajstić information content (AvgIpc) is 2.65. The number of nitrogens with zero attached hydrogens (tertiary/aromatic N) is 2. The van der Waals surface area contributed by atoms with E-state index in [0.717, 1.165) is 31.2 Å². The number of aromatic amines is 1. The summed E-state index contributed by atoms with van der Waals surface area (Å²) in [5, 5.41) is 3.06. The van der Waals surface area contributed by atoms with Crippen molar-refractivity contribution in [2.75, 3.05) is 6.54 Å². The first-order valence-corrected chi connectivity index (χ1v) is 9.08. The number of nitrogens with two attached hydrogens (primary N) is 1. The molecule has 0 aliphatic heterocycles. The number of hydrogen-bond donors (Lipinski definition) is 3. The predicted molar refractivity (Wildman–Crippen MR) is 114 cm³/mol. The van der Waals surface area contributed by atoms with Gasteiger partial charge in [-0.3, -0.25) is 14.6 Å². The summed E-state index contributed by atoms with van der Waals surface area (Å²) in [5.74, 6) is 0.623. The van der Waals surface area contributed by atoms with E-state index in [1.165, 1.54) is 0 Å². The van der Waals surface area contributed by atoms with Gasteiger partial charge >= 0.3 is 0 Å². The summed E-state index contributed by atoms with van der Waals surface area (Å²) in [7, 11) is 0. The summed E-state index contributed by atoms with van der Waals surface area (Å²) in [5.41, 5.74) is 7.22. The molecule has 0 aromatic carbocycles. The fourth-order valence-corrected chi connectivity index (χ4v) is 3.56. The quantitative estimate of drug-likeness (QED) is 0.676. The Morgan fingerprint density at radius 2 is 2.07 bits per heavy atom. The molecule has 0 spiro atoms. The maximum Gasteiger partial charge on any atom is 0.255 e. The highest BCUT2D eigenvalue weighted by Crippen LogP contribution is 2.23. The van der Waals surface area contributed by atoms with Crippen molar-refractivity contribution in [3.8, 4) is 11.4 Å². The first kappa shape index (κ1) is 24.1. The first-order valence-electron chi connectivity index (χ1n) is 9.08. The maximum atomic E-state index is 12.5. The molecule has 1 amide bonds. The molecule has 2 aromatic heterocycles. The number of H-pyrrole nitrogens is 1. The van der Waals surface area contributed by atoms with Gasteiger partial charge in [0.25, 0.3) is 5.56 Å². The molecule has 0 radical (unpaired) electrons. The minimum atomic E-state index is -0.287. The smallest absolute Gasteiger partial charge is 0.255 e. The highest BCUT2D eigenvalue weighted by molar-refractivity contribution is 5.85. The Balaban J connectivity index is 0.00000196. The number of rotatable bonds is 5. The van der Waals surface area contributed by atoms with Crippen LogP contribution in [0.3, 0.4) is 0 Å². The van der Waals surface area contributed by atoms with Crippen LogP contribution in [0, 0.1) is 12.8 Å². The number of hydrogen-bond acceptors (Lipinski definition) is 5. The minimum absolute atomic E-state index is 0. The molecule has 2 heterocycles. The number of amides is 1. The Labute approximate surface area is 176 Å². The summed E-state index contributed by atoms with van der Waals surface area (Å²) in [6.07, 6.45) is 7.57. The molecule has 154 valence electrons. The SMILES string of the molecule is Cc1nc(-c2cccnc2)[nH]c(=O)c1CC(=O)NC1CCCCC1CN.Cl.Cl. The molecule has 0 bridgehead atoms. The fourth-order valence-electron chi connectivity index (χ4n) is 3.56. The van der Waals surface area contributed by atoms with Gasteiger partial charge in [0.2, 0.25) is 5.91 Å². The summed E-state index contributed by atoms with van der Waals surface area (Å²) < 4.78 is 0. The molecule has 1 fully saturated rings. The van der Waals surface area contributed by atoms with Crippen LogP contribution in [0.2, 0.25) is 0 Å². The Kier molecular flexibility index (Phi) is 9.58. The molecular weight excluding hydrogens is 401 g/mol. The molecule has 2 atom stereocenters. The third-order valence-corrected chi connectivity index (χ3v) is 5.05. The van der Waals surface area contributed by atoms with Crippen molar-refractivity contribution in [1.29, 1.82) is 0 Å². The molecule has 0 saturated heterocycles. The number of carbonyl (C=O) groups is 1. The van der Waals surface area contributed by atoms with Gasteiger partial charge < -0.3 is 16.0 Å². The van der Waals surface area contributed by atoms with E-state index in [1.807, 2.05) is 6.07 Å². The van der Waals surface area contributed by atoms with Crippen molar-refractivity contribution in [3.63, 3.8) is 0 Å². The van der Waals surface area contributed by atoms with E-state index < -0.39 is 0 Å². The third kappa shape index (κ3) is 5.77. The van der Waals surface area contributed by atoms with Crippen molar-refractivity contribution in [3.05, 3.63) is 46.1 Å². The van der Waals surface area contributed by atoms with Crippen LogP contribution in [0.15, 0.2) is 29.3 Å². The van der Waals surface area contributed by atoms with Gasteiger partial charge in [0.1, 0.15) is 5.82 Å². The van der Waals surface area contributed by atoms with Gasteiger partial charge in [-0.15, -0.1) is 24.8 Å². The molecule has 4 N–H and O–H groups in total. The standard InChI is InChI=1S/C19H25N5O2.2ClH/c1-12-15(9-17(25)23-16-7-3-2-5-13(16)10-20)19(26)24-18(22-12)14-6-4-8-21-11-14;;/h4,6,8,11,13,16H,2-3,5,7,9-10,20H2,1H3,(H,23,25)(H,22,24,26);2*1H. The van der Waals surface area contributed by atoms with E-state index in [9.17, 15) is 9.59 Å². The Morgan fingerprint density at radius 1 is 1.32 bits per heavy atom. The van der Waals surface area contributed by atoms with Crippen LogP contribution >= 0.6 is 24.8 Å². The van der Waals surface area contributed by atoms with Crippen molar-refractivity contribution in [2.24, 2.45) is 11.7 Å². The number of halogens is 2. The Bertz CT molecular complexity index is 829. The molecular formula is C19H27Cl2N5O2. The lowest BCUT2D eigenvalue weighted by Gasteiger charge is -2.31. The topological polar surface area (TPSA) is 114 Å². The molecule has 7 nitrogen and oxygen atoms in total. The van der Waals surface area contributed by atoms with E-state index in [1.54, 1.807) is 25.4 Å². The lowest BCUT2D eigenvalue weighted by molar-refractivity contribution is -0.121. The van der Waals surface area contributed by atoms with Gasteiger partial charge in [0, 0.05) is 35.3 Å². The van der Waals surface area contributed by atoms with Crippen LogP contribution in [0.25, 0.3) is 11.4 Å². The second-order valence-electron chi connectivity index (χ2n) is 6.85. The summed E-state index contributed by atoms with van der Waals surface area (Å²) >= 11 is 0. The van der Waals surface area contributed by atoms with Crippen molar-refractivity contribution >= 4 is 30.7 Å². The highest BCUT2D eigenvalue weighted by Gasteiger charge is 2.25. The van der Waals surface area contributed by atoms with Crippen molar-refractivity contribution in [2.45, 2.75) is 45.1 Å². The van der Waals surface area contributed by atoms with Gasteiger partial charge in [-0.1, -0.05) is 12.8 Å². The van der Waals surface area contributed by atoms with Gasteiger partial charge in [-0.05, 0) is 44.4 Å². The van der Waals surface area contributed by atoms with E-state index in [-0.39, 0.29) is 48.7 Å². The third-order valence-electron chi connectivity index (χ3n) is 5.05. The van der Waals surface area contributed by atoms with E-state index >= 15 is 0 Å². The van der Waals surface area contributed by atoms with Crippen LogP contribution in [0.5, 0.6) is 0 Å². The second-order valence-corrected chi connectivity index (χ2v) is 6.85. The Morgan fingerprint density at radius 3 is 2.71 bits per heavy atom. The summed E-state index contributed by atoms with van der Waals surface area (Å²) in [6.45, 7) is 2.33. The first-order chi connectivity index (χ1) is 12.6. The predicted octanol–water partition coefficient (Wildman–Crippen LogP) is 2.16. The molecule has 2 unspecified atom stereocenters. The molecule has 2 aromatic rings. The molecule has 1 aliphatic carbocycles. The lowest BCUT2D eigenvalue weighted by atomic mass is 9.84. The zero-order chi connectivity index (χ0) is 18.5. The number of aromatic nitrogens is 3. The fraction of sp³-hybridized carbons (Fsp3) is 0.474. The lowest BCUT2D eigenvalue weighted by Crippen LogP contribution is -2.45. The molecule has 9 heteroatoms. The molecule has 3 rings (SSSR count). The van der Waals surface area contributed by atoms with Gasteiger partial charge in [-0.2, -0.15) is 0 Å². The van der Waals surface area contributed by atoms with E-state index in [0.29, 0.717) is 29.5 Å². The zero-order valence-electron chi connectivity index (χ0n) is 15.8. The van der Waals surface area contributed by atoms with E-state index in [2.05, 4.69) is 20.3 Å². The van der Waals surface area contributed by atoms with Gasteiger partial charge in [0.15, 0.2) is 0 Å². The van der Waals surface area contributed by atoms with Crippen LogP contribution in [0.1, 0.15) is 36.9 Å². The van der Waals surface area contributed by atoms with E-state index in [4.69, 9.17) is 5.73 Å². The monoisotopic (exact) mass is 427 g/mol. The molecule has 28 heavy (non-hydrogen) atoms. The maximum absolute atomic E-state index is 12.5. The van der Waals surface area contributed by atoms with Gasteiger partial charge in [0.05, 0.1) is 6.42 Å². The van der Waals surface area contributed by atoms with Crippen LogP contribution in [0.4, 0.5) is 0 Å². The number of aryl methyl sites for hydroxylation is 1. The highest BCUT2D eigenvalue weighted by atomic mass is 35.5. The van der Waals surface area contributed by atoms with Crippen LogP contribution in [-0.2, 0) is 11.2 Å². The Hall–Kier alpha value is -1.96. The van der Waals surface area contributed by atoms with Crippen LogP contribution in [-0.4, -0.2) is 33.4 Å². The van der Waals surface area contributed by atoms with Crippen molar-refractivity contribution < 1.29 is 4.79 Å². The van der Waals surface area contributed by atoms with Gasteiger partial charge in [-0.25, -0.2) is 4.98 Å². The van der Waals surface area contributed by atoms with Crippen LogP contribution < -0.4 is 16.6 Å². The molecule has 1 aliphatic rings. The normalized spacial score (nSPS) is 18.5. The summed E-state index contributed by atoms with van der Waals surface area (Å²) in [4.78, 5) is 36.2. The number of carbonyl (C=O) groups excluding carboxylic acids is 1. The van der Waals surface area contributed by atoms with Crippen molar-refractivity contribution in [1.82, 2.24) is 20.3 Å². The number of nitrogens with one attached hydrogen (secondary N) is 2. The second kappa shape index (κ2) is 11.1. The number of pyridine rings is 1. The summed E-state index contributed by atoms with van der Waals surface area (Å²) in [6, 6.07) is 3.71. The largest absolute Gasteiger partial charge is 0.353 e.